The van der Waals surface area contributed by atoms with Crippen molar-refractivity contribution in [3.63, 3.8) is 0 Å². The van der Waals surface area contributed by atoms with Gasteiger partial charge in [0.2, 0.25) is 10.0 Å². The van der Waals surface area contributed by atoms with Crippen LogP contribution in [0.1, 0.15) is 38.2 Å². The average molecular weight is 313 g/mol. The van der Waals surface area contributed by atoms with Gasteiger partial charge in [0.25, 0.3) is 0 Å². The summed E-state index contributed by atoms with van der Waals surface area (Å²) >= 11 is 0. The summed E-state index contributed by atoms with van der Waals surface area (Å²) in [7, 11) is -2.16. The molecule has 1 heterocycles. The highest BCUT2D eigenvalue weighted by Crippen LogP contribution is 2.31. The third kappa shape index (κ3) is 3.39. The molecule has 0 amide bonds. The molecule has 1 fully saturated rings. The average Bonchev–Trinajstić information content (AvgIpc) is 2.71. The minimum atomic E-state index is -3.61. The lowest BCUT2D eigenvalue weighted by atomic mass is 10.1. The summed E-state index contributed by atoms with van der Waals surface area (Å²) in [5.41, 5.74) is 0.567. The van der Waals surface area contributed by atoms with Crippen molar-refractivity contribution in [3.05, 3.63) is 23.8 Å². The molecule has 1 N–H and O–H groups in total. The van der Waals surface area contributed by atoms with E-state index < -0.39 is 10.0 Å². The van der Waals surface area contributed by atoms with E-state index in [2.05, 4.69) is 0 Å². The zero-order valence-corrected chi connectivity index (χ0v) is 13.4. The number of benzene rings is 1. The van der Waals surface area contributed by atoms with Gasteiger partial charge in [-0.2, -0.15) is 4.31 Å². The monoisotopic (exact) mass is 313 g/mol. The van der Waals surface area contributed by atoms with Gasteiger partial charge < -0.3 is 9.84 Å². The normalized spacial score (nSPS) is 21.0. The van der Waals surface area contributed by atoms with E-state index in [1.54, 1.807) is 16.4 Å². The van der Waals surface area contributed by atoms with Crippen molar-refractivity contribution in [2.75, 3.05) is 13.7 Å². The van der Waals surface area contributed by atoms with Crippen LogP contribution in [0.4, 0.5) is 0 Å². The van der Waals surface area contributed by atoms with Crippen LogP contribution in [0.3, 0.4) is 0 Å². The highest BCUT2D eigenvalue weighted by molar-refractivity contribution is 7.89. The van der Waals surface area contributed by atoms with Crippen LogP contribution in [0.5, 0.6) is 5.75 Å². The molecule has 1 saturated heterocycles. The van der Waals surface area contributed by atoms with Crippen LogP contribution in [0.2, 0.25) is 0 Å². The van der Waals surface area contributed by atoms with Crippen LogP contribution in [-0.2, 0) is 16.6 Å². The zero-order chi connectivity index (χ0) is 15.5. The fourth-order valence-corrected chi connectivity index (χ4v) is 4.66. The largest absolute Gasteiger partial charge is 0.495 e. The van der Waals surface area contributed by atoms with Crippen molar-refractivity contribution >= 4 is 10.0 Å². The van der Waals surface area contributed by atoms with Gasteiger partial charge in [0.1, 0.15) is 10.6 Å². The molecule has 1 aliphatic rings. The first kappa shape index (κ1) is 16.3. The molecule has 5 nitrogen and oxygen atoms in total. The summed E-state index contributed by atoms with van der Waals surface area (Å²) in [5.74, 6) is 0.323. The number of hydrogen-bond donors (Lipinski definition) is 1. The number of nitrogens with zero attached hydrogens (tertiary/aromatic N) is 1. The molecule has 118 valence electrons. The van der Waals surface area contributed by atoms with Gasteiger partial charge in [-0.05, 0) is 37.5 Å². The van der Waals surface area contributed by atoms with Crippen molar-refractivity contribution in [1.82, 2.24) is 4.31 Å². The van der Waals surface area contributed by atoms with Gasteiger partial charge in [0.05, 0.1) is 13.7 Å². The Bertz CT molecular complexity index is 585. The number of aliphatic hydroxyl groups is 1. The van der Waals surface area contributed by atoms with E-state index in [1.807, 2.05) is 6.92 Å². The van der Waals surface area contributed by atoms with E-state index in [-0.39, 0.29) is 17.5 Å². The molecule has 1 aliphatic heterocycles. The molecule has 2 rings (SSSR count). The maximum absolute atomic E-state index is 13.0. The Morgan fingerprint density at radius 2 is 2.10 bits per heavy atom. The Labute approximate surface area is 126 Å². The van der Waals surface area contributed by atoms with E-state index in [0.717, 1.165) is 25.7 Å². The lowest BCUT2D eigenvalue weighted by Crippen LogP contribution is -2.38. The van der Waals surface area contributed by atoms with Crippen molar-refractivity contribution in [1.29, 1.82) is 0 Å². The molecule has 1 atom stereocenters. The van der Waals surface area contributed by atoms with Gasteiger partial charge in [0.15, 0.2) is 0 Å². The van der Waals surface area contributed by atoms with Gasteiger partial charge >= 0.3 is 0 Å². The molecule has 1 aromatic carbocycles. The molecule has 0 spiro atoms. The van der Waals surface area contributed by atoms with Crippen molar-refractivity contribution < 1.29 is 18.3 Å². The second-order valence-electron chi connectivity index (χ2n) is 5.46. The predicted molar refractivity (Wildman–Crippen MR) is 80.7 cm³/mol. The summed E-state index contributed by atoms with van der Waals surface area (Å²) in [6.45, 7) is 2.29. The second-order valence-corrected chi connectivity index (χ2v) is 7.32. The molecular weight excluding hydrogens is 290 g/mol. The number of hydrogen-bond acceptors (Lipinski definition) is 4. The van der Waals surface area contributed by atoms with Crippen LogP contribution in [-0.4, -0.2) is 37.5 Å². The number of sulfonamides is 1. The standard InChI is InChI=1S/C15H23NO4S/c1-12-6-4-3-5-9-16(12)21(18,19)15-10-13(11-17)7-8-14(15)20-2/h7-8,10,12,17H,3-6,9,11H2,1-2H3. The SMILES string of the molecule is COc1ccc(CO)cc1S(=O)(=O)N1CCCCCC1C. The highest BCUT2D eigenvalue weighted by Gasteiger charge is 2.32. The molecule has 0 saturated carbocycles. The number of methoxy groups -OCH3 is 1. The summed E-state index contributed by atoms with van der Waals surface area (Å²) in [4.78, 5) is 0.144. The van der Waals surface area contributed by atoms with Crippen LogP contribution >= 0.6 is 0 Å². The van der Waals surface area contributed by atoms with Gasteiger partial charge in [-0.3, -0.25) is 0 Å². The molecular formula is C15H23NO4S. The van der Waals surface area contributed by atoms with Crippen LogP contribution < -0.4 is 4.74 Å². The molecule has 6 heteroatoms. The fraction of sp³-hybridized carbons (Fsp3) is 0.600. The van der Waals surface area contributed by atoms with E-state index in [0.29, 0.717) is 17.9 Å². The van der Waals surface area contributed by atoms with Gasteiger partial charge in [-0.25, -0.2) is 8.42 Å². The van der Waals surface area contributed by atoms with Crippen molar-refractivity contribution in [2.24, 2.45) is 0 Å². The topological polar surface area (TPSA) is 66.8 Å². The summed E-state index contributed by atoms with van der Waals surface area (Å²) in [6.07, 6.45) is 3.87. The van der Waals surface area contributed by atoms with Gasteiger partial charge in [-0.1, -0.05) is 18.9 Å². The maximum Gasteiger partial charge on any atom is 0.247 e. The number of ether oxygens (including phenoxy) is 1. The zero-order valence-electron chi connectivity index (χ0n) is 12.6. The van der Waals surface area contributed by atoms with E-state index in [1.165, 1.54) is 13.2 Å². The fourth-order valence-electron chi connectivity index (χ4n) is 2.75. The first-order valence-electron chi connectivity index (χ1n) is 7.30. The first-order valence-corrected chi connectivity index (χ1v) is 8.74. The molecule has 1 unspecified atom stereocenters. The van der Waals surface area contributed by atoms with Crippen molar-refractivity contribution in [3.8, 4) is 5.75 Å². The van der Waals surface area contributed by atoms with Crippen LogP contribution in [0, 0.1) is 0 Å². The minimum Gasteiger partial charge on any atom is -0.495 e. The predicted octanol–water partition coefficient (Wildman–Crippen LogP) is 2.14. The summed E-state index contributed by atoms with van der Waals surface area (Å²) < 4.78 is 32.7. The Hall–Kier alpha value is -1.11. The molecule has 0 bridgehead atoms. The highest BCUT2D eigenvalue weighted by atomic mass is 32.2. The van der Waals surface area contributed by atoms with E-state index >= 15 is 0 Å². The first-order chi connectivity index (χ1) is 10.0. The maximum atomic E-state index is 13.0. The summed E-state index contributed by atoms with van der Waals surface area (Å²) in [5, 5.41) is 9.25. The van der Waals surface area contributed by atoms with Crippen molar-refractivity contribution in [2.45, 2.75) is 50.2 Å². The van der Waals surface area contributed by atoms with Gasteiger partial charge in [-0.15, -0.1) is 0 Å². The summed E-state index contributed by atoms with van der Waals surface area (Å²) in [6, 6.07) is 4.76. The smallest absolute Gasteiger partial charge is 0.247 e. The molecule has 21 heavy (non-hydrogen) atoms. The van der Waals surface area contributed by atoms with Crippen LogP contribution in [0.15, 0.2) is 23.1 Å². The second kappa shape index (κ2) is 6.77. The Balaban J connectivity index is 2.46. The van der Waals surface area contributed by atoms with Crippen LogP contribution in [0.25, 0.3) is 0 Å². The minimum absolute atomic E-state index is 0.0139. The third-order valence-corrected chi connectivity index (χ3v) is 6.02. The quantitative estimate of drug-likeness (QED) is 0.925. The lowest BCUT2D eigenvalue weighted by Gasteiger charge is -2.27. The lowest BCUT2D eigenvalue weighted by molar-refractivity contribution is 0.281. The Kier molecular flexibility index (Phi) is 5.24. The van der Waals surface area contributed by atoms with E-state index in [9.17, 15) is 13.5 Å². The number of rotatable bonds is 4. The van der Waals surface area contributed by atoms with E-state index in [4.69, 9.17) is 4.74 Å². The number of aliphatic hydroxyl groups excluding tert-OH is 1. The third-order valence-electron chi connectivity index (χ3n) is 3.99. The Morgan fingerprint density at radius 3 is 2.76 bits per heavy atom. The molecule has 0 radical (unpaired) electrons. The van der Waals surface area contributed by atoms with Gasteiger partial charge in [0, 0.05) is 12.6 Å². The Morgan fingerprint density at radius 1 is 1.33 bits per heavy atom. The molecule has 1 aromatic rings. The molecule has 0 aliphatic carbocycles. The molecule has 0 aromatic heterocycles.